The molecule has 0 spiro atoms. The number of ether oxygens (including phenoxy) is 2. The van der Waals surface area contributed by atoms with Gasteiger partial charge in [0.25, 0.3) is 0 Å². The predicted molar refractivity (Wildman–Crippen MR) is 85.4 cm³/mol. The van der Waals surface area contributed by atoms with Gasteiger partial charge in [-0.2, -0.15) is 0 Å². The van der Waals surface area contributed by atoms with E-state index in [0.717, 1.165) is 0 Å². The van der Waals surface area contributed by atoms with Crippen LogP contribution >= 0.6 is 0 Å². The number of nitrogens with one attached hydrogen (secondary N) is 1. The van der Waals surface area contributed by atoms with Gasteiger partial charge < -0.3 is 19.7 Å². The first-order valence-corrected chi connectivity index (χ1v) is 6.91. The summed E-state index contributed by atoms with van der Waals surface area (Å²) in [6.45, 7) is 5.69. The number of carbonyl (C=O) groups is 2. The van der Waals surface area contributed by atoms with Gasteiger partial charge in [0, 0.05) is 38.2 Å². The Morgan fingerprint density at radius 2 is 1.95 bits per heavy atom. The first kappa shape index (κ1) is 17.6. The lowest BCUT2D eigenvalue weighted by molar-refractivity contribution is -0.120. The summed E-state index contributed by atoms with van der Waals surface area (Å²) in [5, 5.41) is 2.68. The highest BCUT2D eigenvalue weighted by Gasteiger charge is 2.15. The average Bonchev–Trinajstić information content (AvgIpc) is 2.52. The van der Waals surface area contributed by atoms with Crippen molar-refractivity contribution in [3.05, 3.63) is 30.9 Å². The van der Waals surface area contributed by atoms with E-state index in [1.54, 1.807) is 31.4 Å². The predicted octanol–water partition coefficient (Wildman–Crippen LogP) is 1.75. The summed E-state index contributed by atoms with van der Waals surface area (Å²) in [5.41, 5.74) is 0.654. The molecule has 0 unspecified atom stereocenters. The Balaban J connectivity index is 2.85. The van der Waals surface area contributed by atoms with Crippen molar-refractivity contribution in [2.75, 3.05) is 32.2 Å². The fourth-order valence-corrected chi connectivity index (χ4v) is 1.95. The van der Waals surface area contributed by atoms with Crippen molar-refractivity contribution in [2.24, 2.45) is 0 Å². The number of hydrogen-bond donors (Lipinski definition) is 1. The van der Waals surface area contributed by atoms with Crippen molar-refractivity contribution in [1.29, 1.82) is 0 Å². The largest absolute Gasteiger partial charge is 0.493 e. The molecule has 0 aliphatic rings. The van der Waals surface area contributed by atoms with Crippen LogP contribution in [0.5, 0.6) is 11.5 Å². The molecule has 6 nitrogen and oxygen atoms in total. The molecule has 0 saturated carbocycles. The summed E-state index contributed by atoms with van der Waals surface area (Å²) in [6, 6.07) is 5.19. The normalized spacial score (nSPS) is 9.77. The topological polar surface area (TPSA) is 67.9 Å². The van der Waals surface area contributed by atoms with E-state index in [-0.39, 0.29) is 24.8 Å². The highest BCUT2D eigenvalue weighted by molar-refractivity contribution is 5.92. The van der Waals surface area contributed by atoms with Crippen LogP contribution in [-0.4, -0.2) is 39.1 Å². The van der Waals surface area contributed by atoms with Gasteiger partial charge in [0.05, 0.1) is 14.2 Å². The van der Waals surface area contributed by atoms with Gasteiger partial charge in [-0.25, -0.2) is 0 Å². The Bertz CT molecular complexity index is 543. The first-order chi connectivity index (χ1) is 10.5. The van der Waals surface area contributed by atoms with Crippen molar-refractivity contribution in [3.63, 3.8) is 0 Å². The van der Waals surface area contributed by atoms with Crippen molar-refractivity contribution >= 4 is 17.5 Å². The van der Waals surface area contributed by atoms with E-state index in [4.69, 9.17) is 9.47 Å². The molecule has 0 aliphatic carbocycles. The van der Waals surface area contributed by atoms with Crippen LogP contribution in [0.15, 0.2) is 30.9 Å². The van der Waals surface area contributed by atoms with Crippen LogP contribution < -0.4 is 19.7 Å². The molecule has 22 heavy (non-hydrogen) atoms. The van der Waals surface area contributed by atoms with Crippen molar-refractivity contribution in [3.8, 4) is 11.5 Å². The molecule has 0 fully saturated rings. The van der Waals surface area contributed by atoms with E-state index in [1.165, 1.54) is 18.9 Å². The van der Waals surface area contributed by atoms with Gasteiger partial charge in [-0.05, 0) is 12.1 Å². The third kappa shape index (κ3) is 4.80. The molecule has 0 aliphatic heterocycles. The van der Waals surface area contributed by atoms with E-state index in [1.807, 2.05) is 0 Å². The van der Waals surface area contributed by atoms with Gasteiger partial charge in [-0.15, -0.1) is 6.58 Å². The fourth-order valence-electron chi connectivity index (χ4n) is 1.95. The summed E-state index contributed by atoms with van der Waals surface area (Å²) < 4.78 is 10.4. The van der Waals surface area contributed by atoms with E-state index in [0.29, 0.717) is 23.7 Å². The zero-order chi connectivity index (χ0) is 16.5. The van der Waals surface area contributed by atoms with Crippen LogP contribution in [0.3, 0.4) is 0 Å². The van der Waals surface area contributed by atoms with Crippen LogP contribution in [0.1, 0.15) is 13.3 Å². The number of benzene rings is 1. The highest BCUT2D eigenvalue weighted by Crippen LogP contribution is 2.31. The maximum atomic E-state index is 11.8. The lowest BCUT2D eigenvalue weighted by atomic mass is 10.2. The molecule has 1 N–H and O–H groups in total. The molecule has 2 amide bonds. The summed E-state index contributed by atoms with van der Waals surface area (Å²) in [4.78, 5) is 25.0. The lowest BCUT2D eigenvalue weighted by Crippen LogP contribution is -2.33. The van der Waals surface area contributed by atoms with Crippen LogP contribution in [0, 0.1) is 0 Å². The van der Waals surface area contributed by atoms with E-state index >= 15 is 0 Å². The highest BCUT2D eigenvalue weighted by atomic mass is 16.5. The van der Waals surface area contributed by atoms with Crippen LogP contribution in [0.25, 0.3) is 0 Å². The Morgan fingerprint density at radius 3 is 2.50 bits per heavy atom. The van der Waals surface area contributed by atoms with E-state index < -0.39 is 0 Å². The lowest BCUT2D eigenvalue weighted by Gasteiger charge is -2.22. The number of hydrogen-bond acceptors (Lipinski definition) is 4. The van der Waals surface area contributed by atoms with Gasteiger partial charge in [0.2, 0.25) is 11.8 Å². The smallest absolute Gasteiger partial charge is 0.223 e. The van der Waals surface area contributed by atoms with Crippen molar-refractivity contribution < 1.29 is 19.1 Å². The summed E-state index contributed by atoms with van der Waals surface area (Å²) in [7, 11) is 3.08. The molecule has 0 heterocycles. The molecule has 0 atom stereocenters. The molecule has 6 heteroatoms. The monoisotopic (exact) mass is 306 g/mol. The average molecular weight is 306 g/mol. The zero-order valence-electron chi connectivity index (χ0n) is 13.2. The second-order valence-corrected chi connectivity index (χ2v) is 4.55. The summed E-state index contributed by atoms with van der Waals surface area (Å²) in [5.74, 6) is 0.830. The Hall–Kier alpha value is -2.50. The number of rotatable bonds is 8. The molecule has 0 radical (unpaired) electrons. The molecule has 0 aromatic heterocycles. The Morgan fingerprint density at radius 1 is 1.27 bits per heavy atom. The molecular weight excluding hydrogens is 284 g/mol. The molecule has 120 valence electrons. The van der Waals surface area contributed by atoms with Crippen LogP contribution in [0.4, 0.5) is 5.69 Å². The second kappa shape index (κ2) is 8.71. The third-order valence-electron chi connectivity index (χ3n) is 3.06. The van der Waals surface area contributed by atoms with Gasteiger partial charge in [0.15, 0.2) is 11.5 Å². The van der Waals surface area contributed by atoms with Crippen molar-refractivity contribution in [2.45, 2.75) is 13.3 Å². The zero-order valence-corrected chi connectivity index (χ0v) is 13.2. The summed E-state index contributed by atoms with van der Waals surface area (Å²) in [6.07, 6.45) is 1.82. The van der Waals surface area contributed by atoms with Gasteiger partial charge in [-0.3, -0.25) is 9.59 Å². The standard InChI is InChI=1S/C16H22N2O4/c1-5-9-17-16(20)8-10-18(12(2)19)13-6-7-14(21-3)15(11-13)22-4/h5-7,11H,1,8-10H2,2-4H3,(H,17,20). The molecule has 1 aromatic rings. The maximum Gasteiger partial charge on any atom is 0.223 e. The maximum absolute atomic E-state index is 11.8. The first-order valence-electron chi connectivity index (χ1n) is 6.91. The number of carbonyl (C=O) groups excluding carboxylic acids is 2. The van der Waals surface area contributed by atoms with Crippen LogP contribution in [0.2, 0.25) is 0 Å². The summed E-state index contributed by atoms with van der Waals surface area (Å²) >= 11 is 0. The second-order valence-electron chi connectivity index (χ2n) is 4.55. The van der Waals surface area contributed by atoms with Gasteiger partial charge in [-0.1, -0.05) is 6.08 Å². The van der Waals surface area contributed by atoms with Crippen LogP contribution in [-0.2, 0) is 9.59 Å². The van der Waals surface area contributed by atoms with Gasteiger partial charge >= 0.3 is 0 Å². The molecule has 0 saturated heterocycles. The minimum atomic E-state index is -0.149. The quantitative estimate of drug-likeness (QED) is 0.743. The van der Waals surface area contributed by atoms with E-state index in [2.05, 4.69) is 11.9 Å². The number of nitrogens with zero attached hydrogens (tertiary/aromatic N) is 1. The number of amides is 2. The molecule has 1 aromatic carbocycles. The molecular formula is C16H22N2O4. The van der Waals surface area contributed by atoms with Crippen molar-refractivity contribution in [1.82, 2.24) is 5.32 Å². The number of methoxy groups -OCH3 is 2. The Labute approximate surface area is 130 Å². The SMILES string of the molecule is C=CCNC(=O)CCN(C(C)=O)c1ccc(OC)c(OC)c1. The Kier molecular flexibility index (Phi) is 6.95. The van der Waals surface area contributed by atoms with Gasteiger partial charge in [0.1, 0.15) is 0 Å². The third-order valence-corrected chi connectivity index (χ3v) is 3.06. The number of anilines is 1. The minimum Gasteiger partial charge on any atom is -0.493 e. The fraction of sp³-hybridized carbons (Fsp3) is 0.375. The van der Waals surface area contributed by atoms with E-state index in [9.17, 15) is 9.59 Å². The molecule has 0 bridgehead atoms. The minimum absolute atomic E-state index is 0.133. The molecule has 1 rings (SSSR count).